The molecule has 0 bridgehead atoms. The van der Waals surface area contributed by atoms with E-state index in [-0.39, 0.29) is 21.9 Å². The highest BCUT2D eigenvalue weighted by Crippen LogP contribution is 2.27. The zero-order valence-corrected chi connectivity index (χ0v) is 15.2. The number of hydrogen-bond donors (Lipinski definition) is 1. The van der Waals surface area contributed by atoms with E-state index in [0.717, 1.165) is 12.8 Å². The fourth-order valence-electron chi connectivity index (χ4n) is 2.57. The fraction of sp³-hybridized carbons (Fsp3) is 0.533. The van der Waals surface area contributed by atoms with Gasteiger partial charge in [-0.25, -0.2) is 17.9 Å². The molecule has 0 atom stereocenters. The number of rotatable bonds is 5. The maximum Gasteiger partial charge on any atom is 0.409 e. The number of hydrogen-bond acceptors (Lipinski definition) is 5. The molecule has 1 fully saturated rings. The molecular formula is C15H21ClN2O5S. The lowest BCUT2D eigenvalue weighted by atomic mass is 9.97. The SMILES string of the molecule is COC(=O)N1CCC(CNS(=O)(=O)c2ccc(OC)c(Cl)c2)CC1. The van der Waals surface area contributed by atoms with Crippen LogP contribution < -0.4 is 9.46 Å². The van der Waals surface area contributed by atoms with Crippen LogP contribution in [0.25, 0.3) is 0 Å². The molecule has 0 saturated carbocycles. The van der Waals surface area contributed by atoms with Gasteiger partial charge in [0.15, 0.2) is 0 Å². The van der Waals surface area contributed by atoms with Crippen molar-refractivity contribution in [3.8, 4) is 5.75 Å². The molecule has 0 aliphatic carbocycles. The van der Waals surface area contributed by atoms with Crippen LogP contribution in [0.5, 0.6) is 5.75 Å². The van der Waals surface area contributed by atoms with Gasteiger partial charge in [-0.3, -0.25) is 0 Å². The standard InChI is InChI=1S/C15H21ClN2O5S/c1-22-14-4-3-12(9-13(14)16)24(20,21)17-10-11-5-7-18(8-6-11)15(19)23-2/h3-4,9,11,17H,5-8,10H2,1-2H3. The Morgan fingerprint density at radius 3 is 2.54 bits per heavy atom. The molecule has 1 aromatic rings. The average molecular weight is 377 g/mol. The maximum absolute atomic E-state index is 12.4. The second-order valence-corrected chi connectivity index (χ2v) is 7.72. The molecule has 9 heteroatoms. The van der Waals surface area contributed by atoms with Crippen LogP contribution in [0.3, 0.4) is 0 Å². The lowest BCUT2D eigenvalue weighted by Crippen LogP contribution is -2.41. The van der Waals surface area contributed by atoms with Crippen molar-refractivity contribution >= 4 is 27.7 Å². The van der Waals surface area contributed by atoms with Crippen LogP contribution >= 0.6 is 11.6 Å². The lowest BCUT2D eigenvalue weighted by Gasteiger charge is -2.30. The second kappa shape index (κ2) is 8.04. The first-order chi connectivity index (χ1) is 11.4. The third kappa shape index (κ3) is 4.52. The van der Waals surface area contributed by atoms with Crippen LogP contribution in [-0.4, -0.2) is 53.3 Å². The van der Waals surface area contributed by atoms with Crippen LogP contribution in [-0.2, 0) is 14.8 Å². The number of carbonyl (C=O) groups is 1. The number of nitrogens with one attached hydrogen (secondary N) is 1. The summed E-state index contributed by atoms with van der Waals surface area (Å²) in [7, 11) is -0.821. The molecule has 0 spiro atoms. The highest BCUT2D eigenvalue weighted by molar-refractivity contribution is 7.89. The van der Waals surface area contributed by atoms with Crippen molar-refractivity contribution < 1.29 is 22.7 Å². The summed E-state index contributed by atoms with van der Waals surface area (Å²) < 4.78 is 37.0. The van der Waals surface area contributed by atoms with Crippen molar-refractivity contribution in [2.45, 2.75) is 17.7 Å². The number of methoxy groups -OCH3 is 2. The number of sulfonamides is 1. The predicted octanol–water partition coefficient (Wildman–Crippen LogP) is 2.11. The quantitative estimate of drug-likeness (QED) is 0.850. The summed E-state index contributed by atoms with van der Waals surface area (Å²) in [5.41, 5.74) is 0. The number of piperidine rings is 1. The number of nitrogens with zero attached hydrogens (tertiary/aromatic N) is 1. The van der Waals surface area contributed by atoms with E-state index in [2.05, 4.69) is 9.46 Å². The monoisotopic (exact) mass is 376 g/mol. The van der Waals surface area contributed by atoms with Crippen LogP contribution in [0, 0.1) is 5.92 Å². The second-order valence-electron chi connectivity index (χ2n) is 5.55. The summed E-state index contributed by atoms with van der Waals surface area (Å²) in [6, 6.07) is 4.33. The molecule has 1 aromatic carbocycles. The zero-order valence-electron chi connectivity index (χ0n) is 13.6. The molecule has 2 rings (SSSR count). The summed E-state index contributed by atoms with van der Waals surface area (Å²) in [5.74, 6) is 0.597. The van der Waals surface area contributed by atoms with Crippen molar-refractivity contribution in [2.24, 2.45) is 5.92 Å². The number of benzene rings is 1. The first kappa shape index (κ1) is 18.8. The molecule has 1 saturated heterocycles. The minimum absolute atomic E-state index is 0.0975. The molecule has 0 radical (unpaired) electrons. The van der Waals surface area contributed by atoms with E-state index in [9.17, 15) is 13.2 Å². The first-order valence-corrected chi connectivity index (χ1v) is 9.39. The van der Waals surface area contributed by atoms with E-state index < -0.39 is 10.0 Å². The molecule has 24 heavy (non-hydrogen) atoms. The van der Waals surface area contributed by atoms with Gasteiger partial charge in [0.05, 0.1) is 24.1 Å². The Morgan fingerprint density at radius 1 is 1.33 bits per heavy atom. The third-order valence-corrected chi connectivity index (χ3v) is 5.76. The van der Waals surface area contributed by atoms with Gasteiger partial charge in [-0.15, -0.1) is 0 Å². The topological polar surface area (TPSA) is 84.9 Å². The lowest BCUT2D eigenvalue weighted by molar-refractivity contribution is 0.106. The molecule has 0 unspecified atom stereocenters. The van der Waals surface area contributed by atoms with Gasteiger partial charge < -0.3 is 14.4 Å². The Kier molecular flexibility index (Phi) is 6.31. The molecule has 1 N–H and O–H groups in total. The normalized spacial score (nSPS) is 16.0. The molecule has 134 valence electrons. The fourth-order valence-corrected chi connectivity index (χ4v) is 4.04. The van der Waals surface area contributed by atoms with Gasteiger partial charge >= 0.3 is 6.09 Å². The molecule has 0 aromatic heterocycles. The Bertz CT molecular complexity index is 687. The van der Waals surface area contributed by atoms with E-state index in [1.54, 1.807) is 4.90 Å². The van der Waals surface area contributed by atoms with E-state index in [1.165, 1.54) is 32.4 Å². The third-order valence-electron chi connectivity index (χ3n) is 4.04. The molecule has 1 aliphatic rings. The summed E-state index contributed by atoms with van der Waals surface area (Å²) in [5, 5.41) is 0.242. The van der Waals surface area contributed by atoms with Gasteiger partial charge in [0.1, 0.15) is 5.75 Å². The summed E-state index contributed by atoms with van der Waals surface area (Å²) in [6.45, 7) is 1.45. The van der Waals surface area contributed by atoms with Gasteiger partial charge in [-0.2, -0.15) is 0 Å². The smallest absolute Gasteiger partial charge is 0.409 e. The Balaban J connectivity index is 1.92. The predicted molar refractivity (Wildman–Crippen MR) is 89.9 cm³/mol. The van der Waals surface area contributed by atoms with Crippen LogP contribution in [0.2, 0.25) is 5.02 Å². The van der Waals surface area contributed by atoms with Gasteiger partial charge in [0, 0.05) is 19.6 Å². The number of halogens is 1. The molecule has 1 aliphatic heterocycles. The van der Waals surface area contributed by atoms with Crippen molar-refractivity contribution in [3.05, 3.63) is 23.2 Å². The van der Waals surface area contributed by atoms with Crippen molar-refractivity contribution in [2.75, 3.05) is 33.9 Å². The number of amides is 1. The van der Waals surface area contributed by atoms with Gasteiger partial charge in [0.2, 0.25) is 10.0 Å². The summed E-state index contributed by atoms with van der Waals surface area (Å²) >= 11 is 5.98. The zero-order chi connectivity index (χ0) is 17.7. The Labute approximate surface area is 146 Å². The van der Waals surface area contributed by atoms with Crippen molar-refractivity contribution in [3.63, 3.8) is 0 Å². The van der Waals surface area contributed by atoms with Gasteiger partial charge in [-0.05, 0) is 37.0 Å². The van der Waals surface area contributed by atoms with Gasteiger partial charge in [0.25, 0.3) is 0 Å². The van der Waals surface area contributed by atoms with Crippen LogP contribution in [0.15, 0.2) is 23.1 Å². The minimum Gasteiger partial charge on any atom is -0.495 e. The summed E-state index contributed by atoms with van der Waals surface area (Å²) in [6.07, 6.45) is 1.10. The first-order valence-electron chi connectivity index (χ1n) is 7.53. The van der Waals surface area contributed by atoms with E-state index >= 15 is 0 Å². The highest BCUT2D eigenvalue weighted by atomic mass is 35.5. The summed E-state index contributed by atoms with van der Waals surface area (Å²) in [4.78, 5) is 13.1. The van der Waals surface area contributed by atoms with E-state index in [4.69, 9.17) is 16.3 Å². The molecule has 1 amide bonds. The van der Waals surface area contributed by atoms with E-state index in [0.29, 0.717) is 25.4 Å². The minimum atomic E-state index is -3.64. The molecular weight excluding hydrogens is 356 g/mol. The largest absolute Gasteiger partial charge is 0.495 e. The Morgan fingerprint density at radius 2 is 2.00 bits per heavy atom. The Hall–Kier alpha value is -1.51. The van der Waals surface area contributed by atoms with Crippen LogP contribution in [0.4, 0.5) is 4.79 Å². The maximum atomic E-state index is 12.4. The van der Waals surface area contributed by atoms with Crippen molar-refractivity contribution in [1.82, 2.24) is 9.62 Å². The van der Waals surface area contributed by atoms with Gasteiger partial charge in [-0.1, -0.05) is 11.6 Å². The molecule has 1 heterocycles. The molecule has 7 nitrogen and oxygen atoms in total. The van der Waals surface area contributed by atoms with E-state index in [1.807, 2.05) is 0 Å². The average Bonchev–Trinajstić information content (AvgIpc) is 2.59. The number of carbonyl (C=O) groups excluding carboxylic acids is 1. The highest BCUT2D eigenvalue weighted by Gasteiger charge is 2.25. The van der Waals surface area contributed by atoms with Crippen molar-refractivity contribution in [1.29, 1.82) is 0 Å². The van der Waals surface area contributed by atoms with Crippen LogP contribution in [0.1, 0.15) is 12.8 Å². The number of likely N-dealkylation sites (tertiary alicyclic amines) is 1. The number of ether oxygens (including phenoxy) is 2.